The van der Waals surface area contributed by atoms with Crippen LogP contribution in [0, 0.1) is 0 Å². The Morgan fingerprint density at radius 1 is 1.04 bits per heavy atom. The summed E-state index contributed by atoms with van der Waals surface area (Å²) in [5.41, 5.74) is 4.89. The van der Waals surface area contributed by atoms with Crippen molar-refractivity contribution in [3.63, 3.8) is 0 Å². The number of benzene rings is 2. The Hall–Kier alpha value is -2.22. The minimum absolute atomic E-state index is 0.664. The van der Waals surface area contributed by atoms with E-state index in [1.807, 2.05) is 18.2 Å². The standard InChI is InChI=1S/C22H27NO/c1-4-17-10-13-20(23(2)19-8-6-5-7-9-19)16-22(17)18-11-14-21(24-3)15-12-18/h4,10-16,19H,1,5-9H2,2-3H3. The minimum Gasteiger partial charge on any atom is -0.497 e. The maximum atomic E-state index is 5.27. The average molecular weight is 321 g/mol. The summed E-state index contributed by atoms with van der Waals surface area (Å²) in [6.45, 7) is 3.98. The first-order valence-corrected chi connectivity index (χ1v) is 8.86. The van der Waals surface area contributed by atoms with Crippen molar-refractivity contribution in [2.24, 2.45) is 0 Å². The second kappa shape index (κ2) is 7.57. The smallest absolute Gasteiger partial charge is 0.118 e. The summed E-state index contributed by atoms with van der Waals surface area (Å²) >= 11 is 0. The molecule has 1 aliphatic rings. The Labute approximate surface area is 145 Å². The van der Waals surface area contributed by atoms with Crippen molar-refractivity contribution in [1.82, 2.24) is 0 Å². The summed E-state index contributed by atoms with van der Waals surface area (Å²) < 4.78 is 5.27. The quantitative estimate of drug-likeness (QED) is 0.692. The predicted molar refractivity (Wildman–Crippen MR) is 104 cm³/mol. The van der Waals surface area contributed by atoms with E-state index >= 15 is 0 Å². The normalized spacial score (nSPS) is 15.1. The molecule has 0 unspecified atom stereocenters. The molecule has 0 spiro atoms. The molecular formula is C22H27NO. The second-order valence-corrected chi connectivity index (χ2v) is 6.61. The van der Waals surface area contributed by atoms with Gasteiger partial charge in [0.2, 0.25) is 0 Å². The summed E-state index contributed by atoms with van der Waals surface area (Å²) in [4.78, 5) is 2.46. The summed E-state index contributed by atoms with van der Waals surface area (Å²) in [7, 11) is 3.93. The van der Waals surface area contributed by atoms with Crippen LogP contribution >= 0.6 is 0 Å². The maximum Gasteiger partial charge on any atom is 0.118 e. The number of ether oxygens (including phenoxy) is 1. The van der Waals surface area contributed by atoms with Crippen LogP contribution in [0.3, 0.4) is 0 Å². The van der Waals surface area contributed by atoms with Gasteiger partial charge in [-0.15, -0.1) is 0 Å². The van der Waals surface area contributed by atoms with Crippen LogP contribution in [0.5, 0.6) is 5.75 Å². The van der Waals surface area contributed by atoms with E-state index in [0.29, 0.717) is 6.04 Å². The van der Waals surface area contributed by atoms with Crippen LogP contribution < -0.4 is 9.64 Å². The van der Waals surface area contributed by atoms with Crippen molar-refractivity contribution in [1.29, 1.82) is 0 Å². The first-order valence-electron chi connectivity index (χ1n) is 8.86. The van der Waals surface area contributed by atoms with E-state index in [1.165, 1.54) is 54.5 Å². The van der Waals surface area contributed by atoms with E-state index in [-0.39, 0.29) is 0 Å². The molecule has 0 aromatic heterocycles. The Morgan fingerprint density at radius 2 is 1.75 bits per heavy atom. The maximum absolute atomic E-state index is 5.27. The predicted octanol–water partition coefficient (Wildman–Crippen LogP) is 5.77. The summed E-state index contributed by atoms with van der Waals surface area (Å²) in [5, 5.41) is 0. The lowest BCUT2D eigenvalue weighted by atomic mass is 9.93. The first kappa shape index (κ1) is 16.6. The molecule has 0 heterocycles. The highest BCUT2D eigenvalue weighted by Crippen LogP contribution is 2.33. The molecular weight excluding hydrogens is 294 g/mol. The number of hydrogen-bond acceptors (Lipinski definition) is 2. The van der Waals surface area contributed by atoms with Gasteiger partial charge in [0.15, 0.2) is 0 Å². The lowest BCUT2D eigenvalue weighted by molar-refractivity contribution is 0.415. The van der Waals surface area contributed by atoms with Crippen LogP contribution in [0.25, 0.3) is 17.2 Å². The Balaban J connectivity index is 1.93. The number of hydrogen-bond donors (Lipinski definition) is 0. The fourth-order valence-electron chi connectivity index (χ4n) is 3.64. The van der Waals surface area contributed by atoms with Crippen LogP contribution in [0.4, 0.5) is 5.69 Å². The van der Waals surface area contributed by atoms with Gasteiger partial charge < -0.3 is 9.64 Å². The summed E-state index contributed by atoms with van der Waals surface area (Å²) in [5.74, 6) is 0.884. The van der Waals surface area contributed by atoms with E-state index < -0.39 is 0 Å². The summed E-state index contributed by atoms with van der Waals surface area (Å²) in [6, 6.07) is 15.6. The molecule has 1 saturated carbocycles. The lowest BCUT2D eigenvalue weighted by Crippen LogP contribution is -2.33. The van der Waals surface area contributed by atoms with Gasteiger partial charge in [-0.25, -0.2) is 0 Å². The highest BCUT2D eigenvalue weighted by molar-refractivity contribution is 5.78. The highest BCUT2D eigenvalue weighted by Gasteiger charge is 2.19. The van der Waals surface area contributed by atoms with Gasteiger partial charge in [0, 0.05) is 18.8 Å². The fraction of sp³-hybridized carbons (Fsp3) is 0.364. The molecule has 2 aromatic rings. The molecule has 1 aliphatic carbocycles. The number of nitrogens with zero attached hydrogens (tertiary/aromatic N) is 1. The zero-order chi connectivity index (χ0) is 16.9. The van der Waals surface area contributed by atoms with Crippen molar-refractivity contribution < 1.29 is 4.74 Å². The van der Waals surface area contributed by atoms with Crippen molar-refractivity contribution in [2.45, 2.75) is 38.1 Å². The Bertz CT molecular complexity index is 684. The third-order valence-corrected chi connectivity index (χ3v) is 5.19. The first-order chi connectivity index (χ1) is 11.7. The number of rotatable bonds is 5. The highest BCUT2D eigenvalue weighted by atomic mass is 16.5. The van der Waals surface area contributed by atoms with Gasteiger partial charge >= 0.3 is 0 Å². The van der Waals surface area contributed by atoms with E-state index in [4.69, 9.17) is 4.74 Å². The van der Waals surface area contributed by atoms with Gasteiger partial charge in [-0.3, -0.25) is 0 Å². The molecule has 24 heavy (non-hydrogen) atoms. The molecule has 0 aliphatic heterocycles. The molecule has 126 valence electrons. The molecule has 2 nitrogen and oxygen atoms in total. The molecule has 2 heteroatoms. The van der Waals surface area contributed by atoms with Gasteiger partial charge in [0.1, 0.15) is 5.75 Å². The van der Waals surface area contributed by atoms with Gasteiger partial charge in [0.05, 0.1) is 7.11 Å². The van der Waals surface area contributed by atoms with Crippen molar-refractivity contribution >= 4 is 11.8 Å². The number of methoxy groups -OCH3 is 1. The van der Waals surface area contributed by atoms with Gasteiger partial charge in [0.25, 0.3) is 0 Å². The molecule has 0 radical (unpaired) electrons. The van der Waals surface area contributed by atoms with Crippen LogP contribution in [-0.2, 0) is 0 Å². The minimum atomic E-state index is 0.664. The largest absolute Gasteiger partial charge is 0.497 e. The van der Waals surface area contributed by atoms with Crippen LogP contribution in [0.1, 0.15) is 37.7 Å². The third-order valence-electron chi connectivity index (χ3n) is 5.19. The van der Waals surface area contributed by atoms with E-state index in [9.17, 15) is 0 Å². The lowest BCUT2D eigenvalue weighted by Gasteiger charge is -2.33. The average Bonchev–Trinajstić information content (AvgIpc) is 2.67. The number of anilines is 1. The molecule has 0 bridgehead atoms. The van der Waals surface area contributed by atoms with Crippen molar-refractivity contribution in [3.05, 3.63) is 54.6 Å². The molecule has 3 rings (SSSR count). The van der Waals surface area contributed by atoms with Gasteiger partial charge in [-0.2, -0.15) is 0 Å². The molecule has 0 saturated heterocycles. The molecule has 1 fully saturated rings. The molecule has 0 atom stereocenters. The van der Waals surface area contributed by atoms with Gasteiger partial charge in [-0.1, -0.05) is 50.1 Å². The Morgan fingerprint density at radius 3 is 2.38 bits per heavy atom. The second-order valence-electron chi connectivity index (χ2n) is 6.61. The molecule has 0 N–H and O–H groups in total. The third kappa shape index (κ3) is 3.48. The summed E-state index contributed by atoms with van der Waals surface area (Å²) in [6.07, 6.45) is 8.63. The van der Waals surface area contributed by atoms with Crippen LogP contribution in [-0.4, -0.2) is 20.2 Å². The van der Waals surface area contributed by atoms with Gasteiger partial charge in [-0.05, 0) is 53.8 Å². The van der Waals surface area contributed by atoms with Crippen molar-refractivity contribution in [3.8, 4) is 16.9 Å². The Kier molecular flexibility index (Phi) is 5.24. The zero-order valence-corrected chi connectivity index (χ0v) is 14.8. The van der Waals surface area contributed by atoms with E-state index in [0.717, 1.165) is 5.75 Å². The molecule has 0 amide bonds. The fourth-order valence-corrected chi connectivity index (χ4v) is 3.64. The van der Waals surface area contributed by atoms with Crippen LogP contribution in [0.15, 0.2) is 49.0 Å². The SMILES string of the molecule is C=Cc1ccc(N(C)C2CCCCC2)cc1-c1ccc(OC)cc1. The molecule has 2 aromatic carbocycles. The topological polar surface area (TPSA) is 12.5 Å². The van der Waals surface area contributed by atoms with E-state index in [1.54, 1.807) is 7.11 Å². The monoisotopic (exact) mass is 321 g/mol. The van der Waals surface area contributed by atoms with Crippen molar-refractivity contribution in [2.75, 3.05) is 19.1 Å². The van der Waals surface area contributed by atoms with E-state index in [2.05, 4.69) is 48.9 Å². The van der Waals surface area contributed by atoms with Crippen LogP contribution in [0.2, 0.25) is 0 Å². The zero-order valence-electron chi connectivity index (χ0n) is 14.8.